The van der Waals surface area contributed by atoms with Crippen LogP contribution < -0.4 is 11.1 Å². The van der Waals surface area contributed by atoms with Crippen molar-refractivity contribution >= 4 is 28.6 Å². The number of anilines is 2. The summed E-state index contributed by atoms with van der Waals surface area (Å²) in [5.41, 5.74) is 9.66. The highest BCUT2D eigenvalue weighted by Gasteiger charge is 2.48. The summed E-state index contributed by atoms with van der Waals surface area (Å²) in [5, 5.41) is 14.7. The lowest BCUT2D eigenvalue weighted by Gasteiger charge is -2.14. The van der Waals surface area contributed by atoms with Crippen LogP contribution in [0.1, 0.15) is 59.5 Å². The molecule has 5 rings (SSSR count). The van der Waals surface area contributed by atoms with Gasteiger partial charge >= 0.3 is 0 Å². The van der Waals surface area contributed by atoms with Crippen molar-refractivity contribution in [2.45, 2.75) is 45.1 Å². The number of rotatable bonds is 6. The first kappa shape index (κ1) is 21.3. The van der Waals surface area contributed by atoms with Crippen molar-refractivity contribution in [3.8, 4) is 11.5 Å². The Bertz CT molecular complexity index is 1320. The summed E-state index contributed by atoms with van der Waals surface area (Å²) in [5.74, 6) is 1.53. The van der Waals surface area contributed by atoms with Crippen LogP contribution in [-0.4, -0.2) is 25.7 Å². The number of amides is 1. The molecule has 0 aliphatic heterocycles. The maximum atomic E-state index is 12.7. The van der Waals surface area contributed by atoms with Crippen molar-refractivity contribution in [1.29, 1.82) is 0 Å². The lowest BCUT2D eigenvalue weighted by Crippen LogP contribution is -2.14. The van der Waals surface area contributed by atoms with Crippen molar-refractivity contribution in [2.75, 3.05) is 11.1 Å². The SMILES string of the molecule is Cc1nnc(-c2csc(C3(c4ccc(C(=O)Nc5ccccc5N)cc4)CC3)n2)n1C(C)C. The second kappa shape index (κ2) is 8.12. The zero-order valence-corrected chi connectivity index (χ0v) is 19.7. The van der Waals surface area contributed by atoms with Gasteiger partial charge in [0.15, 0.2) is 5.82 Å². The molecule has 0 spiro atoms. The van der Waals surface area contributed by atoms with E-state index in [4.69, 9.17) is 10.7 Å². The number of carbonyl (C=O) groups is 1. The average Bonchev–Trinajstić information content (AvgIpc) is 3.28. The quantitative estimate of drug-likeness (QED) is 0.387. The fourth-order valence-electron chi connectivity index (χ4n) is 4.26. The number of nitrogens with two attached hydrogens (primary N) is 1. The number of hydrogen-bond acceptors (Lipinski definition) is 6. The van der Waals surface area contributed by atoms with Crippen molar-refractivity contribution in [3.05, 3.63) is 75.9 Å². The Hall–Kier alpha value is -3.52. The Morgan fingerprint density at radius 3 is 2.52 bits per heavy atom. The number of nitrogen functional groups attached to an aromatic ring is 1. The summed E-state index contributed by atoms with van der Waals surface area (Å²) in [6.45, 7) is 6.22. The van der Waals surface area contributed by atoms with Gasteiger partial charge in [-0.05, 0) is 63.4 Å². The van der Waals surface area contributed by atoms with Crippen molar-refractivity contribution in [3.63, 3.8) is 0 Å². The molecule has 33 heavy (non-hydrogen) atoms. The number of aromatic nitrogens is 4. The van der Waals surface area contributed by atoms with Crippen LogP contribution in [0.25, 0.3) is 11.5 Å². The molecular formula is C25H26N6OS. The third-order valence-corrected chi connectivity index (χ3v) is 7.23. The molecule has 1 fully saturated rings. The van der Waals surface area contributed by atoms with Gasteiger partial charge < -0.3 is 15.6 Å². The minimum atomic E-state index is -0.177. The van der Waals surface area contributed by atoms with Crippen LogP contribution in [0.2, 0.25) is 0 Å². The monoisotopic (exact) mass is 458 g/mol. The van der Waals surface area contributed by atoms with Gasteiger partial charge in [-0.25, -0.2) is 4.98 Å². The first-order valence-electron chi connectivity index (χ1n) is 11.0. The van der Waals surface area contributed by atoms with Crippen LogP contribution >= 0.6 is 11.3 Å². The average molecular weight is 459 g/mol. The second-order valence-electron chi connectivity index (χ2n) is 8.77. The van der Waals surface area contributed by atoms with Crippen molar-refractivity contribution < 1.29 is 4.79 Å². The van der Waals surface area contributed by atoms with Crippen LogP contribution in [0.3, 0.4) is 0 Å². The molecule has 2 aromatic heterocycles. The number of benzene rings is 2. The third-order valence-electron chi connectivity index (χ3n) is 6.18. The Balaban J connectivity index is 1.38. The third kappa shape index (κ3) is 3.80. The van der Waals surface area contributed by atoms with Crippen molar-refractivity contribution in [1.82, 2.24) is 19.7 Å². The van der Waals surface area contributed by atoms with E-state index < -0.39 is 0 Å². The lowest BCUT2D eigenvalue weighted by molar-refractivity contribution is 0.102. The van der Waals surface area contributed by atoms with E-state index in [-0.39, 0.29) is 17.4 Å². The number of carbonyl (C=O) groups excluding carboxylic acids is 1. The van der Waals surface area contributed by atoms with Gasteiger partial charge in [0.25, 0.3) is 5.91 Å². The molecule has 3 N–H and O–H groups in total. The van der Waals surface area contributed by atoms with Crippen LogP contribution in [0.5, 0.6) is 0 Å². The highest BCUT2D eigenvalue weighted by atomic mass is 32.1. The molecule has 0 radical (unpaired) electrons. The first-order valence-corrected chi connectivity index (χ1v) is 11.9. The molecule has 168 valence electrons. The molecule has 2 heterocycles. The minimum absolute atomic E-state index is 0.0838. The molecule has 1 aliphatic rings. The van der Waals surface area contributed by atoms with E-state index >= 15 is 0 Å². The summed E-state index contributed by atoms with van der Waals surface area (Å²) < 4.78 is 2.12. The maximum absolute atomic E-state index is 12.7. The molecule has 2 aromatic carbocycles. The van der Waals surface area contributed by atoms with E-state index in [0.717, 1.165) is 35.2 Å². The highest BCUT2D eigenvalue weighted by molar-refractivity contribution is 7.10. The van der Waals surface area contributed by atoms with Gasteiger partial charge in [-0.2, -0.15) is 0 Å². The molecule has 4 aromatic rings. The summed E-state index contributed by atoms with van der Waals surface area (Å²) in [4.78, 5) is 17.6. The Morgan fingerprint density at radius 2 is 1.85 bits per heavy atom. The van der Waals surface area contributed by atoms with E-state index in [0.29, 0.717) is 16.9 Å². The normalized spacial score (nSPS) is 14.4. The van der Waals surface area contributed by atoms with Gasteiger partial charge in [0.1, 0.15) is 16.5 Å². The van der Waals surface area contributed by atoms with Crippen LogP contribution in [0.15, 0.2) is 53.9 Å². The van der Waals surface area contributed by atoms with E-state index in [1.807, 2.05) is 43.3 Å². The zero-order chi connectivity index (χ0) is 23.2. The van der Waals surface area contributed by atoms with E-state index in [9.17, 15) is 4.79 Å². The minimum Gasteiger partial charge on any atom is -0.397 e. The molecule has 1 saturated carbocycles. The molecular weight excluding hydrogens is 432 g/mol. The van der Waals surface area contributed by atoms with Gasteiger partial charge in [0.2, 0.25) is 0 Å². The number of para-hydroxylation sites is 2. The van der Waals surface area contributed by atoms with Gasteiger partial charge in [0.05, 0.1) is 11.4 Å². The Labute approximate surface area is 196 Å². The zero-order valence-electron chi connectivity index (χ0n) is 18.9. The maximum Gasteiger partial charge on any atom is 0.255 e. The summed E-state index contributed by atoms with van der Waals surface area (Å²) in [6.07, 6.45) is 2.09. The molecule has 0 bridgehead atoms. The topological polar surface area (TPSA) is 98.7 Å². The van der Waals surface area contributed by atoms with Crippen molar-refractivity contribution in [2.24, 2.45) is 0 Å². The molecule has 0 unspecified atom stereocenters. The number of thiazole rings is 1. The van der Waals surface area contributed by atoms with Gasteiger partial charge in [0, 0.05) is 22.4 Å². The highest BCUT2D eigenvalue weighted by Crippen LogP contribution is 2.54. The summed E-state index contributed by atoms with van der Waals surface area (Å²) >= 11 is 1.67. The smallest absolute Gasteiger partial charge is 0.255 e. The predicted molar refractivity (Wildman–Crippen MR) is 132 cm³/mol. The van der Waals surface area contributed by atoms with Crippen LogP contribution in [0, 0.1) is 6.92 Å². The summed E-state index contributed by atoms with van der Waals surface area (Å²) in [7, 11) is 0. The van der Waals surface area contributed by atoms with Crippen LogP contribution in [-0.2, 0) is 5.41 Å². The predicted octanol–water partition coefficient (Wildman–Crippen LogP) is 5.21. The number of aryl methyl sites for hydroxylation is 1. The number of hydrogen-bond donors (Lipinski definition) is 2. The summed E-state index contributed by atoms with van der Waals surface area (Å²) in [6, 6.07) is 15.3. The largest absolute Gasteiger partial charge is 0.397 e. The van der Waals surface area contributed by atoms with Gasteiger partial charge in [-0.3, -0.25) is 4.79 Å². The first-order chi connectivity index (χ1) is 15.9. The Morgan fingerprint density at radius 1 is 1.12 bits per heavy atom. The van der Waals surface area contributed by atoms with Crippen LogP contribution in [0.4, 0.5) is 11.4 Å². The molecule has 1 amide bonds. The standard InChI is InChI=1S/C25H26N6OS/c1-15(2)31-16(3)29-30-22(31)21-14-33-24(28-21)25(12-13-25)18-10-8-17(9-11-18)23(32)27-20-7-5-4-6-19(20)26/h4-11,14-15H,12-13,26H2,1-3H3,(H,27,32). The second-order valence-corrected chi connectivity index (χ2v) is 9.63. The van der Waals surface area contributed by atoms with E-state index in [1.165, 1.54) is 5.56 Å². The van der Waals surface area contributed by atoms with Gasteiger partial charge in [-0.1, -0.05) is 24.3 Å². The molecule has 0 saturated heterocycles. The van der Waals surface area contributed by atoms with E-state index in [2.05, 4.69) is 39.3 Å². The van der Waals surface area contributed by atoms with E-state index in [1.54, 1.807) is 23.5 Å². The molecule has 7 nitrogen and oxygen atoms in total. The van der Waals surface area contributed by atoms with Gasteiger partial charge in [-0.15, -0.1) is 21.5 Å². The molecule has 0 atom stereocenters. The fourth-order valence-corrected chi connectivity index (χ4v) is 5.34. The lowest BCUT2D eigenvalue weighted by atomic mass is 9.95. The number of nitrogens with one attached hydrogen (secondary N) is 1. The fraction of sp³-hybridized carbons (Fsp3) is 0.280. The molecule has 1 aliphatic carbocycles. The Kier molecular flexibility index (Phi) is 5.25. The molecule has 8 heteroatoms. The number of nitrogens with zero attached hydrogens (tertiary/aromatic N) is 4.